The van der Waals surface area contributed by atoms with Gasteiger partial charge in [-0.15, -0.1) is 0 Å². The smallest absolute Gasteiger partial charge is 0.418 e. The highest BCUT2D eigenvalue weighted by atomic mass is 19.4. The van der Waals surface area contributed by atoms with Crippen LogP contribution in [0.25, 0.3) is 10.9 Å². The summed E-state index contributed by atoms with van der Waals surface area (Å²) in [6.45, 7) is 0.147. The molecule has 26 heavy (non-hydrogen) atoms. The first-order valence-electron chi connectivity index (χ1n) is 7.62. The van der Waals surface area contributed by atoms with Crippen molar-refractivity contribution in [2.75, 3.05) is 7.11 Å². The maximum Gasteiger partial charge on any atom is 0.418 e. The number of amides is 1. The van der Waals surface area contributed by atoms with E-state index in [0.717, 1.165) is 6.07 Å². The van der Waals surface area contributed by atoms with Crippen LogP contribution in [0.3, 0.4) is 0 Å². The van der Waals surface area contributed by atoms with E-state index in [2.05, 4.69) is 15.3 Å². The topological polar surface area (TPSA) is 64.1 Å². The lowest BCUT2D eigenvalue weighted by Gasteiger charge is -2.13. The molecule has 0 aliphatic carbocycles. The first kappa shape index (κ1) is 17.7. The summed E-state index contributed by atoms with van der Waals surface area (Å²) in [7, 11) is 1.29. The fraction of sp³-hybridized carbons (Fsp3) is 0.167. The Morgan fingerprint density at radius 3 is 2.65 bits per heavy atom. The maximum atomic E-state index is 13.3. The maximum absolute atomic E-state index is 13.3. The zero-order valence-corrected chi connectivity index (χ0v) is 13.7. The summed E-state index contributed by atoms with van der Waals surface area (Å²) >= 11 is 0. The average molecular weight is 361 g/mol. The van der Waals surface area contributed by atoms with Gasteiger partial charge in [-0.2, -0.15) is 13.2 Å². The van der Waals surface area contributed by atoms with Gasteiger partial charge in [0.05, 0.1) is 30.4 Å². The van der Waals surface area contributed by atoms with E-state index in [4.69, 9.17) is 4.74 Å². The molecule has 0 radical (unpaired) electrons. The molecule has 0 unspecified atom stereocenters. The van der Waals surface area contributed by atoms with Crippen LogP contribution >= 0.6 is 0 Å². The second-order valence-corrected chi connectivity index (χ2v) is 5.44. The minimum absolute atomic E-state index is 0.0685. The van der Waals surface area contributed by atoms with Crippen LogP contribution in [0.1, 0.15) is 21.7 Å². The second-order valence-electron chi connectivity index (χ2n) is 5.44. The van der Waals surface area contributed by atoms with Gasteiger partial charge in [-0.3, -0.25) is 9.78 Å². The van der Waals surface area contributed by atoms with E-state index >= 15 is 0 Å². The van der Waals surface area contributed by atoms with Crippen molar-refractivity contribution < 1.29 is 22.7 Å². The summed E-state index contributed by atoms with van der Waals surface area (Å²) in [6.07, 6.45) is -3.04. The van der Waals surface area contributed by atoms with Crippen LogP contribution in [0.15, 0.2) is 48.7 Å². The molecule has 2 aromatic heterocycles. The fourth-order valence-electron chi connectivity index (χ4n) is 2.43. The highest BCUT2D eigenvalue weighted by molar-refractivity contribution is 5.95. The molecule has 0 spiro atoms. The van der Waals surface area contributed by atoms with E-state index in [1.54, 1.807) is 24.4 Å². The van der Waals surface area contributed by atoms with E-state index < -0.39 is 17.6 Å². The Morgan fingerprint density at radius 1 is 1.19 bits per heavy atom. The highest BCUT2D eigenvalue weighted by Gasteiger charge is 2.34. The number of hydrogen-bond acceptors (Lipinski definition) is 4. The van der Waals surface area contributed by atoms with Gasteiger partial charge in [-0.1, -0.05) is 12.1 Å². The number of hydrogen-bond donors (Lipinski definition) is 1. The van der Waals surface area contributed by atoms with E-state index in [1.165, 1.54) is 25.3 Å². The predicted octanol–water partition coefficient (Wildman–Crippen LogP) is 3.59. The van der Waals surface area contributed by atoms with E-state index in [-0.39, 0.29) is 28.9 Å². The largest absolute Gasteiger partial charge is 0.497 e. The average Bonchev–Trinajstić information content (AvgIpc) is 2.64. The minimum atomic E-state index is -4.62. The molecule has 8 heteroatoms. The van der Waals surface area contributed by atoms with Crippen LogP contribution in [0.4, 0.5) is 13.2 Å². The Kier molecular flexibility index (Phi) is 4.75. The number of carbonyl (C=O) groups is 1. The number of rotatable bonds is 4. The van der Waals surface area contributed by atoms with Crippen molar-refractivity contribution in [3.05, 3.63) is 65.6 Å². The molecule has 0 saturated heterocycles. The van der Waals surface area contributed by atoms with Crippen molar-refractivity contribution in [1.82, 2.24) is 15.3 Å². The third-order valence-corrected chi connectivity index (χ3v) is 3.70. The van der Waals surface area contributed by atoms with Gasteiger partial charge in [0.15, 0.2) is 0 Å². The zero-order chi connectivity index (χ0) is 18.7. The fourth-order valence-corrected chi connectivity index (χ4v) is 2.43. The Balaban J connectivity index is 1.94. The molecule has 5 nitrogen and oxygen atoms in total. The molecule has 0 atom stereocenters. The number of benzene rings is 1. The Labute approximate surface area is 146 Å². The van der Waals surface area contributed by atoms with Crippen LogP contribution < -0.4 is 10.1 Å². The molecule has 2 heterocycles. The van der Waals surface area contributed by atoms with Crippen LogP contribution in [0, 0.1) is 0 Å². The Bertz CT molecular complexity index is 944. The molecule has 134 valence electrons. The molecular formula is C18H14F3N3O2. The molecule has 0 aliphatic rings. The van der Waals surface area contributed by atoms with Gasteiger partial charge < -0.3 is 10.1 Å². The van der Waals surface area contributed by atoms with Gasteiger partial charge in [0.1, 0.15) is 11.4 Å². The Hall–Kier alpha value is -3.16. The molecule has 0 bridgehead atoms. The first-order valence-corrected chi connectivity index (χ1v) is 7.62. The van der Waals surface area contributed by atoms with Crippen LogP contribution in [-0.4, -0.2) is 23.0 Å². The number of carbonyl (C=O) groups excluding carboxylic acids is 1. The van der Waals surface area contributed by atoms with Gasteiger partial charge in [-0.25, -0.2) is 4.98 Å². The van der Waals surface area contributed by atoms with Crippen LogP contribution in [0.5, 0.6) is 5.75 Å². The third kappa shape index (κ3) is 3.74. The van der Waals surface area contributed by atoms with Gasteiger partial charge in [0.2, 0.25) is 0 Å². The van der Waals surface area contributed by atoms with Crippen molar-refractivity contribution in [3.63, 3.8) is 0 Å². The van der Waals surface area contributed by atoms with E-state index in [1.807, 2.05) is 0 Å². The van der Waals surface area contributed by atoms with Crippen molar-refractivity contribution >= 4 is 16.8 Å². The minimum Gasteiger partial charge on any atom is -0.497 e. The van der Waals surface area contributed by atoms with Crippen molar-refractivity contribution in [3.8, 4) is 5.75 Å². The number of ether oxygens (including phenoxy) is 1. The number of nitrogens with one attached hydrogen (secondary N) is 1. The number of methoxy groups -OCH3 is 1. The number of alkyl halides is 3. The number of aromatic nitrogens is 2. The SMILES string of the molecule is COc1cc(C(F)(F)F)c2nc(C(=O)NCc3ccccn3)ccc2c1. The Morgan fingerprint density at radius 2 is 2.00 bits per heavy atom. The number of fused-ring (bicyclic) bond motifs is 1. The number of pyridine rings is 2. The van der Waals surface area contributed by atoms with Crippen LogP contribution in [0.2, 0.25) is 0 Å². The zero-order valence-electron chi connectivity index (χ0n) is 13.7. The number of nitrogens with zero attached hydrogens (tertiary/aromatic N) is 2. The molecule has 1 aromatic carbocycles. The van der Waals surface area contributed by atoms with Gasteiger partial charge in [-0.05, 0) is 30.3 Å². The van der Waals surface area contributed by atoms with E-state index in [9.17, 15) is 18.0 Å². The first-order chi connectivity index (χ1) is 12.4. The standard InChI is InChI=1S/C18H14F3N3O2/c1-26-13-8-11-5-6-15(24-16(11)14(9-13)18(19,20)21)17(25)23-10-12-4-2-3-7-22-12/h2-9H,10H2,1H3,(H,23,25). The molecule has 3 aromatic rings. The lowest BCUT2D eigenvalue weighted by atomic mass is 10.1. The second kappa shape index (κ2) is 6.99. The van der Waals surface area contributed by atoms with Crippen molar-refractivity contribution in [2.45, 2.75) is 12.7 Å². The molecule has 0 saturated carbocycles. The molecular weight excluding hydrogens is 347 g/mol. The highest BCUT2D eigenvalue weighted by Crippen LogP contribution is 2.36. The van der Waals surface area contributed by atoms with Crippen molar-refractivity contribution in [1.29, 1.82) is 0 Å². The predicted molar refractivity (Wildman–Crippen MR) is 88.7 cm³/mol. The summed E-state index contributed by atoms with van der Waals surface area (Å²) in [4.78, 5) is 20.2. The van der Waals surface area contributed by atoms with E-state index in [0.29, 0.717) is 5.69 Å². The molecule has 0 aliphatic heterocycles. The molecule has 0 fully saturated rings. The quantitative estimate of drug-likeness (QED) is 0.771. The summed E-state index contributed by atoms with van der Waals surface area (Å²) < 4.78 is 44.9. The van der Waals surface area contributed by atoms with Crippen LogP contribution in [-0.2, 0) is 12.7 Å². The molecule has 3 rings (SSSR count). The third-order valence-electron chi connectivity index (χ3n) is 3.70. The van der Waals surface area contributed by atoms with Gasteiger partial charge in [0, 0.05) is 11.6 Å². The molecule has 1 N–H and O–H groups in total. The lowest BCUT2D eigenvalue weighted by Crippen LogP contribution is -2.24. The van der Waals surface area contributed by atoms with Crippen molar-refractivity contribution in [2.24, 2.45) is 0 Å². The number of halogens is 3. The summed E-state index contributed by atoms with van der Waals surface area (Å²) in [6, 6.07) is 10.3. The lowest BCUT2D eigenvalue weighted by molar-refractivity contribution is -0.136. The van der Waals surface area contributed by atoms with Gasteiger partial charge >= 0.3 is 6.18 Å². The molecule has 1 amide bonds. The summed E-state index contributed by atoms with van der Waals surface area (Å²) in [5, 5.41) is 2.83. The monoisotopic (exact) mass is 361 g/mol. The normalized spacial score (nSPS) is 11.4. The summed E-state index contributed by atoms with van der Waals surface area (Å²) in [5.74, 6) is -0.513. The summed E-state index contributed by atoms with van der Waals surface area (Å²) in [5.41, 5.74) is -0.735. The van der Waals surface area contributed by atoms with Gasteiger partial charge in [0.25, 0.3) is 5.91 Å².